The zero-order valence-corrected chi connectivity index (χ0v) is 11.3. The van der Waals surface area contributed by atoms with Crippen LogP contribution in [0.5, 0.6) is 0 Å². The van der Waals surface area contributed by atoms with E-state index < -0.39 is 23.7 Å². The van der Waals surface area contributed by atoms with Gasteiger partial charge < -0.3 is 5.11 Å². The Hall–Kier alpha value is -1.66. The molecule has 0 aliphatic carbocycles. The lowest BCUT2D eigenvalue weighted by molar-refractivity contribution is -0.137. The van der Waals surface area contributed by atoms with Crippen LogP contribution < -0.4 is 0 Å². The molecule has 0 saturated carbocycles. The molecular weight excluding hydrogens is 310 g/mol. The number of hydrogen-bond acceptors (Lipinski definition) is 2. The summed E-state index contributed by atoms with van der Waals surface area (Å²) in [4.78, 5) is 3.57. The zero-order valence-electron chi connectivity index (χ0n) is 10.5. The van der Waals surface area contributed by atoms with Crippen molar-refractivity contribution in [2.45, 2.75) is 18.7 Å². The number of aromatic nitrogens is 1. The summed E-state index contributed by atoms with van der Waals surface area (Å²) in [6.45, 7) is 0. The minimum atomic E-state index is -4.49. The van der Waals surface area contributed by atoms with Gasteiger partial charge in [0.05, 0.1) is 11.3 Å². The second-order valence-corrected chi connectivity index (χ2v) is 4.80. The van der Waals surface area contributed by atoms with E-state index in [1.165, 1.54) is 18.2 Å². The van der Waals surface area contributed by atoms with E-state index in [0.29, 0.717) is 6.20 Å². The van der Waals surface area contributed by atoms with Crippen molar-refractivity contribution in [1.82, 2.24) is 4.98 Å². The topological polar surface area (TPSA) is 33.1 Å². The van der Waals surface area contributed by atoms with Gasteiger partial charge in [0.1, 0.15) is 11.9 Å². The molecule has 2 nitrogen and oxygen atoms in total. The Morgan fingerprint density at radius 3 is 2.43 bits per heavy atom. The Morgan fingerprint density at radius 1 is 1.19 bits per heavy atom. The molecule has 1 heterocycles. The van der Waals surface area contributed by atoms with Crippen LogP contribution in [0.1, 0.15) is 22.9 Å². The summed E-state index contributed by atoms with van der Waals surface area (Å²) in [6, 6.07) is 5.95. The molecule has 2 rings (SSSR count). The van der Waals surface area contributed by atoms with Gasteiger partial charge in [0.15, 0.2) is 0 Å². The lowest BCUT2D eigenvalue weighted by Gasteiger charge is -2.13. The van der Waals surface area contributed by atoms with Crippen LogP contribution in [0.2, 0.25) is 5.02 Å². The zero-order chi connectivity index (χ0) is 15.6. The molecule has 0 spiro atoms. The molecule has 7 heteroatoms. The average molecular weight is 320 g/mol. The number of aliphatic hydroxyl groups excluding tert-OH is 1. The maximum atomic E-state index is 13.6. The summed E-state index contributed by atoms with van der Waals surface area (Å²) < 4.78 is 50.8. The van der Waals surface area contributed by atoms with E-state index >= 15 is 0 Å². The number of pyridine rings is 1. The summed E-state index contributed by atoms with van der Waals surface area (Å²) in [5.41, 5.74) is -0.807. The molecule has 0 amide bonds. The lowest BCUT2D eigenvalue weighted by Crippen LogP contribution is -2.09. The molecular formula is C14H10ClF4NO. The van der Waals surface area contributed by atoms with E-state index in [9.17, 15) is 22.7 Å². The van der Waals surface area contributed by atoms with Crippen molar-refractivity contribution in [3.8, 4) is 0 Å². The third-order valence-electron chi connectivity index (χ3n) is 2.91. The van der Waals surface area contributed by atoms with E-state index in [0.717, 1.165) is 12.1 Å². The SMILES string of the molecule is OC(Cc1c(F)cccc1Cl)c1ccc(C(F)(F)F)cn1. The number of rotatable bonds is 3. The summed E-state index contributed by atoms with van der Waals surface area (Å²) in [5.74, 6) is -0.589. The van der Waals surface area contributed by atoms with Gasteiger partial charge >= 0.3 is 6.18 Å². The van der Waals surface area contributed by atoms with Crippen LogP contribution in [0.3, 0.4) is 0 Å². The molecule has 2 aromatic rings. The average Bonchev–Trinajstić information content (AvgIpc) is 2.42. The molecule has 1 atom stereocenters. The monoisotopic (exact) mass is 319 g/mol. The Kier molecular flexibility index (Phi) is 4.49. The molecule has 0 aliphatic heterocycles. The van der Waals surface area contributed by atoms with Crippen molar-refractivity contribution >= 4 is 11.6 Å². The minimum Gasteiger partial charge on any atom is -0.386 e. The molecule has 1 N–H and O–H groups in total. The van der Waals surface area contributed by atoms with E-state index in [2.05, 4.69) is 4.98 Å². The van der Waals surface area contributed by atoms with Crippen molar-refractivity contribution in [2.75, 3.05) is 0 Å². The molecule has 0 radical (unpaired) electrons. The van der Waals surface area contributed by atoms with Gasteiger partial charge in [0, 0.05) is 23.2 Å². The van der Waals surface area contributed by atoms with Gasteiger partial charge in [-0.25, -0.2) is 4.39 Å². The minimum absolute atomic E-state index is 0.0160. The first-order chi connectivity index (χ1) is 9.79. The fraction of sp³-hybridized carbons (Fsp3) is 0.214. The maximum absolute atomic E-state index is 13.6. The number of halogens is 5. The second-order valence-electron chi connectivity index (χ2n) is 4.39. The first-order valence-corrected chi connectivity index (χ1v) is 6.31. The fourth-order valence-electron chi connectivity index (χ4n) is 1.80. The van der Waals surface area contributed by atoms with Crippen LogP contribution in [0.4, 0.5) is 17.6 Å². The van der Waals surface area contributed by atoms with Crippen molar-refractivity contribution in [3.63, 3.8) is 0 Å². The number of aliphatic hydroxyl groups is 1. The molecule has 112 valence electrons. The van der Waals surface area contributed by atoms with Crippen molar-refractivity contribution in [2.24, 2.45) is 0 Å². The Balaban J connectivity index is 2.19. The Bertz CT molecular complexity index is 608. The highest BCUT2D eigenvalue weighted by Gasteiger charge is 2.31. The third kappa shape index (κ3) is 3.71. The number of nitrogens with zero attached hydrogens (tertiary/aromatic N) is 1. The van der Waals surface area contributed by atoms with Gasteiger partial charge in [-0.2, -0.15) is 13.2 Å². The largest absolute Gasteiger partial charge is 0.417 e. The van der Waals surface area contributed by atoms with Gasteiger partial charge in [-0.1, -0.05) is 17.7 Å². The van der Waals surface area contributed by atoms with Gasteiger partial charge in [0.25, 0.3) is 0 Å². The molecule has 0 saturated heterocycles. The van der Waals surface area contributed by atoms with Crippen molar-refractivity contribution in [3.05, 3.63) is 64.2 Å². The summed E-state index contributed by atoms with van der Waals surface area (Å²) in [6.07, 6.45) is -5.29. The van der Waals surface area contributed by atoms with Gasteiger partial charge in [-0.05, 0) is 24.3 Å². The molecule has 0 aliphatic rings. The van der Waals surface area contributed by atoms with Crippen LogP contribution in [0.25, 0.3) is 0 Å². The van der Waals surface area contributed by atoms with Crippen molar-refractivity contribution in [1.29, 1.82) is 0 Å². The van der Waals surface area contributed by atoms with E-state index in [-0.39, 0.29) is 22.7 Å². The van der Waals surface area contributed by atoms with Gasteiger partial charge in [0.2, 0.25) is 0 Å². The smallest absolute Gasteiger partial charge is 0.386 e. The van der Waals surface area contributed by atoms with Crippen LogP contribution >= 0.6 is 11.6 Å². The summed E-state index contributed by atoms with van der Waals surface area (Å²) in [5, 5.41) is 10.1. The highest BCUT2D eigenvalue weighted by molar-refractivity contribution is 6.31. The Labute approximate surface area is 123 Å². The molecule has 0 bridgehead atoms. The standard InChI is InChI=1S/C14H10ClF4NO/c15-10-2-1-3-11(16)9(10)6-13(21)12-5-4-8(7-20-12)14(17,18)19/h1-5,7,13,21H,6H2. The van der Waals surface area contributed by atoms with Crippen LogP contribution in [0.15, 0.2) is 36.5 Å². The quantitative estimate of drug-likeness (QED) is 0.861. The van der Waals surface area contributed by atoms with Gasteiger partial charge in [-0.3, -0.25) is 4.98 Å². The highest BCUT2D eigenvalue weighted by Crippen LogP contribution is 2.30. The van der Waals surface area contributed by atoms with E-state index in [4.69, 9.17) is 11.6 Å². The van der Waals surface area contributed by atoms with Crippen molar-refractivity contribution < 1.29 is 22.7 Å². The molecule has 1 aromatic carbocycles. The number of alkyl halides is 3. The summed E-state index contributed by atoms with van der Waals surface area (Å²) in [7, 11) is 0. The van der Waals surface area contributed by atoms with Crippen LogP contribution in [0, 0.1) is 5.82 Å². The van der Waals surface area contributed by atoms with Crippen LogP contribution in [-0.2, 0) is 12.6 Å². The second kappa shape index (κ2) is 5.99. The predicted octanol–water partition coefficient (Wildman–Crippen LogP) is 4.17. The van der Waals surface area contributed by atoms with Gasteiger partial charge in [-0.15, -0.1) is 0 Å². The first kappa shape index (κ1) is 15.7. The first-order valence-electron chi connectivity index (χ1n) is 5.93. The molecule has 21 heavy (non-hydrogen) atoms. The number of benzene rings is 1. The van der Waals surface area contributed by atoms with E-state index in [1.54, 1.807) is 0 Å². The molecule has 1 unspecified atom stereocenters. The number of hydrogen-bond donors (Lipinski definition) is 1. The predicted molar refractivity (Wildman–Crippen MR) is 69.3 cm³/mol. The Morgan fingerprint density at radius 2 is 1.90 bits per heavy atom. The fourth-order valence-corrected chi connectivity index (χ4v) is 2.04. The summed E-state index contributed by atoms with van der Waals surface area (Å²) >= 11 is 5.83. The molecule has 0 fully saturated rings. The third-order valence-corrected chi connectivity index (χ3v) is 3.27. The molecule has 1 aromatic heterocycles. The van der Waals surface area contributed by atoms with E-state index in [1.807, 2.05) is 0 Å². The maximum Gasteiger partial charge on any atom is 0.417 e. The van der Waals surface area contributed by atoms with Crippen LogP contribution in [-0.4, -0.2) is 10.1 Å². The lowest BCUT2D eigenvalue weighted by atomic mass is 10.0. The highest BCUT2D eigenvalue weighted by atomic mass is 35.5. The normalized spacial score (nSPS) is 13.2.